The Morgan fingerprint density at radius 2 is 2.22 bits per heavy atom. The van der Waals surface area contributed by atoms with Crippen LogP contribution < -0.4 is 10.2 Å². The molecule has 142 valence electrons. The molecular formula is C20H24FN5O. The van der Waals surface area contributed by atoms with Gasteiger partial charge in [-0.15, -0.1) is 0 Å². The van der Waals surface area contributed by atoms with Crippen molar-refractivity contribution in [3.05, 3.63) is 41.3 Å². The van der Waals surface area contributed by atoms with Gasteiger partial charge >= 0.3 is 0 Å². The van der Waals surface area contributed by atoms with Crippen LogP contribution in [0, 0.1) is 17.1 Å². The highest BCUT2D eigenvalue weighted by atomic mass is 19.1. The van der Waals surface area contributed by atoms with Crippen LogP contribution in [0.5, 0.6) is 0 Å². The van der Waals surface area contributed by atoms with Gasteiger partial charge in [0.15, 0.2) is 0 Å². The van der Waals surface area contributed by atoms with E-state index in [1.807, 2.05) is 12.1 Å². The Hall–Kier alpha value is -2.72. The van der Waals surface area contributed by atoms with Crippen LogP contribution in [0.25, 0.3) is 0 Å². The summed E-state index contributed by atoms with van der Waals surface area (Å²) < 4.78 is 18.9. The lowest BCUT2D eigenvalue weighted by Crippen LogP contribution is -2.33. The molecule has 27 heavy (non-hydrogen) atoms. The van der Waals surface area contributed by atoms with Crippen molar-refractivity contribution in [2.45, 2.75) is 38.6 Å². The fourth-order valence-electron chi connectivity index (χ4n) is 3.39. The lowest BCUT2D eigenvalue weighted by molar-refractivity contribution is 0.180. The molecule has 0 saturated carbocycles. The number of halogens is 1. The third-order valence-electron chi connectivity index (χ3n) is 4.65. The first-order valence-electron chi connectivity index (χ1n) is 9.24. The van der Waals surface area contributed by atoms with Gasteiger partial charge in [-0.25, -0.2) is 9.37 Å². The first-order chi connectivity index (χ1) is 13.1. The van der Waals surface area contributed by atoms with Gasteiger partial charge in [-0.3, -0.25) is 0 Å². The van der Waals surface area contributed by atoms with Gasteiger partial charge in [-0.2, -0.15) is 10.2 Å². The van der Waals surface area contributed by atoms with Crippen LogP contribution in [0.1, 0.15) is 37.4 Å². The number of nitriles is 1. The second-order valence-electron chi connectivity index (χ2n) is 6.67. The zero-order chi connectivity index (χ0) is 19.2. The minimum absolute atomic E-state index is 0.00959. The van der Waals surface area contributed by atoms with Gasteiger partial charge in [-0.05, 0) is 37.5 Å². The van der Waals surface area contributed by atoms with Crippen molar-refractivity contribution in [1.29, 1.82) is 5.26 Å². The number of anilines is 3. The summed E-state index contributed by atoms with van der Waals surface area (Å²) in [4.78, 5) is 11.5. The Morgan fingerprint density at radius 1 is 1.37 bits per heavy atom. The SMILES string of the molecule is CCCc1cc(N2CCCC2COC)nc(Nc2ccc(F)c(C#N)c2)n1. The van der Waals surface area contributed by atoms with Crippen molar-refractivity contribution in [1.82, 2.24) is 9.97 Å². The quantitative estimate of drug-likeness (QED) is 0.800. The highest BCUT2D eigenvalue weighted by molar-refractivity contribution is 5.58. The molecule has 2 aromatic rings. The highest BCUT2D eigenvalue weighted by Crippen LogP contribution is 2.27. The average molecular weight is 369 g/mol. The summed E-state index contributed by atoms with van der Waals surface area (Å²) in [6.45, 7) is 3.71. The van der Waals surface area contributed by atoms with E-state index in [1.165, 1.54) is 12.1 Å². The molecule has 1 fully saturated rings. The van der Waals surface area contributed by atoms with Crippen LogP contribution >= 0.6 is 0 Å². The lowest BCUT2D eigenvalue weighted by Gasteiger charge is -2.26. The van der Waals surface area contributed by atoms with Crippen LogP contribution in [0.2, 0.25) is 0 Å². The van der Waals surface area contributed by atoms with E-state index in [4.69, 9.17) is 10.00 Å². The van der Waals surface area contributed by atoms with Crippen molar-refractivity contribution in [2.24, 2.45) is 0 Å². The number of nitrogens with one attached hydrogen (secondary N) is 1. The smallest absolute Gasteiger partial charge is 0.229 e. The maximum atomic E-state index is 13.6. The van der Waals surface area contributed by atoms with Gasteiger partial charge in [0.05, 0.1) is 18.2 Å². The highest BCUT2D eigenvalue weighted by Gasteiger charge is 2.26. The van der Waals surface area contributed by atoms with Gasteiger partial charge in [0, 0.05) is 31.1 Å². The molecule has 1 aliphatic heterocycles. The molecule has 3 rings (SSSR count). The minimum atomic E-state index is -0.538. The van der Waals surface area contributed by atoms with Crippen LogP contribution in [0.3, 0.4) is 0 Å². The molecule has 2 heterocycles. The Bertz CT molecular complexity index is 836. The number of aryl methyl sites for hydroxylation is 1. The van der Waals surface area contributed by atoms with Gasteiger partial charge in [-0.1, -0.05) is 13.3 Å². The number of methoxy groups -OCH3 is 1. The van der Waals surface area contributed by atoms with Crippen molar-refractivity contribution < 1.29 is 9.13 Å². The van der Waals surface area contributed by atoms with Crippen LogP contribution in [-0.2, 0) is 11.2 Å². The molecule has 0 spiro atoms. The first kappa shape index (κ1) is 19.1. The summed E-state index contributed by atoms with van der Waals surface area (Å²) in [5.41, 5.74) is 1.53. The standard InChI is InChI=1S/C20H24FN5O/c1-3-5-15-11-19(26-9-4-6-17(26)13-27-2)25-20(23-15)24-16-7-8-18(21)14(10-16)12-22/h7-8,10-11,17H,3-6,9,13H2,1-2H3,(H,23,24,25). The van der Waals surface area contributed by atoms with Gasteiger partial charge in [0.1, 0.15) is 17.7 Å². The van der Waals surface area contributed by atoms with Crippen molar-refractivity contribution in [2.75, 3.05) is 30.5 Å². The minimum Gasteiger partial charge on any atom is -0.383 e. The molecule has 0 aliphatic carbocycles. The van der Waals surface area contributed by atoms with E-state index in [0.717, 1.165) is 43.7 Å². The summed E-state index contributed by atoms with van der Waals surface area (Å²) in [5, 5.41) is 12.1. The normalized spacial score (nSPS) is 16.4. The number of benzene rings is 1. The molecule has 0 amide bonds. The van der Waals surface area contributed by atoms with Crippen LogP contribution in [0.15, 0.2) is 24.3 Å². The number of nitrogens with zero attached hydrogens (tertiary/aromatic N) is 4. The van der Waals surface area contributed by atoms with E-state index >= 15 is 0 Å². The fourth-order valence-corrected chi connectivity index (χ4v) is 3.39. The van der Waals surface area contributed by atoms with Crippen molar-refractivity contribution >= 4 is 17.5 Å². The topological polar surface area (TPSA) is 74.1 Å². The monoisotopic (exact) mass is 369 g/mol. The molecule has 1 aliphatic rings. The molecule has 1 atom stereocenters. The zero-order valence-corrected chi connectivity index (χ0v) is 15.7. The summed E-state index contributed by atoms with van der Waals surface area (Å²) >= 11 is 0. The van der Waals surface area contributed by atoms with E-state index < -0.39 is 5.82 Å². The second-order valence-corrected chi connectivity index (χ2v) is 6.67. The predicted molar refractivity (Wildman–Crippen MR) is 103 cm³/mol. The zero-order valence-electron chi connectivity index (χ0n) is 15.7. The van der Waals surface area contributed by atoms with E-state index in [1.54, 1.807) is 13.2 Å². The van der Waals surface area contributed by atoms with E-state index in [-0.39, 0.29) is 5.56 Å². The molecule has 1 aromatic carbocycles. The van der Waals surface area contributed by atoms with E-state index in [9.17, 15) is 4.39 Å². The number of aromatic nitrogens is 2. The van der Waals surface area contributed by atoms with Gasteiger partial charge in [0.2, 0.25) is 5.95 Å². The number of ether oxygens (including phenoxy) is 1. The number of rotatable bonds is 7. The van der Waals surface area contributed by atoms with Crippen molar-refractivity contribution in [3.8, 4) is 6.07 Å². The Balaban J connectivity index is 1.91. The Labute approximate surface area is 159 Å². The van der Waals surface area contributed by atoms with Crippen LogP contribution in [-0.4, -0.2) is 36.3 Å². The first-order valence-corrected chi connectivity index (χ1v) is 9.24. The van der Waals surface area contributed by atoms with Crippen LogP contribution in [0.4, 0.5) is 21.8 Å². The maximum Gasteiger partial charge on any atom is 0.229 e. The van der Waals surface area contributed by atoms with Gasteiger partial charge in [0.25, 0.3) is 0 Å². The molecule has 6 nitrogen and oxygen atoms in total. The third kappa shape index (κ3) is 4.52. The van der Waals surface area contributed by atoms with Crippen molar-refractivity contribution in [3.63, 3.8) is 0 Å². The second kappa shape index (κ2) is 8.78. The molecule has 0 radical (unpaired) electrons. The molecule has 1 aromatic heterocycles. The molecule has 1 unspecified atom stereocenters. The number of hydrogen-bond donors (Lipinski definition) is 1. The summed E-state index contributed by atoms with van der Waals surface area (Å²) in [7, 11) is 1.72. The van der Waals surface area contributed by atoms with Gasteiger partial charge < -0.3 is 15.0 Å². The lowest BCUT2D eigenvalue weighted by atomic mass is 10.2. The molecule has 1 N–H and O–H groups in total. The average Bonchev–Trinajstić information content (AvgIpc) is 3.12. The molecule has 7 heteroatoms. The molecule has 0 bridgehead atoms. The fraction of sp³-hybridized carbons (Fsp3) is 0.450. The summed E-state index contributed by atoms with van der Waals surface area (Å²) in [6.07, 6.45) is 4.01. The van der Waals surface area contributed by atoms with E-state index in [2.05, 4.69) is 27.1 Å². The third-order valence-corrected chi connectivity index (χ3v) is 4.65. The van der Waals surface area contributed by atoms with E-state index in [0.29, 0.717) is 24.3 Å². The summed E-state index contributed by atoms with van der Waals surface area (Å²) in [6, 6.07) is 8.51. The molecule has 1 saturated heterocycles. The predicted octanol–water partition coefficient (Wildman–Crippen LogP) is 3.80. The molecular weight excluding hydrogens is 345 g/mol. The Kier molecular flexibility index (Phi) is 6.20. The largest absolute Gasteiger partial charge is 0.383 e. The summed E-state index contributed by atoms with van der Waals surface area (Å²) in [5.74, 6) is 0.788. The maximum absolute atomic E-state index is 13.6. The number of hydrogen-bond acceptors (Lipinski definition) is 6. The Morgan fingerprint density at radius 3 is 2.96 bits per heavy atom.